The van der Waals surface area contributed by atoms with Gasteiger partial charge in [0.05, 0.1) is 18.5 Å². The fourth-order valence-corrected chi connectivity index (χ4v) is 1.77. The van der Waals surface area contributed by atoms with Crippen molar-refractivity contribution in [2.75, 3.05) is 12.4 Å². The highest BCUT2D eigenvalue weighted by atomic mass is 16.5. The molecular formula is C13H17N3O. The standard InChI is InChI=1S/C13H17N3O/c1-9-5-6-12(17-4)11(7-9)15-13-14-10(2)8-16(13)3/h5-8H,1-4H3,(H,14,15). The zero-order chi connectivity index (χ0) is 12.4. The molecule has 0 bridgehead atoms. The molecule has 2 rings (SSSR count). The first-order valence-electron chi connectivity index (χ1n) is 5.52. The first-order valence-corrected chi connectivity index (χ1v) is 5.52. The largest absolute Gasteiger partial charge is 0.495 e. The quantitative estimate of drug-likeness (QED) is 0.882. The second kappa shape index (κ2) is 4.49. The summed E-state index contributed by atoms with van der Waals surface area (Å²) in [5.74, 6) is 1.63. The van der Waals surface area contributed by atoms with Crippen LogP contribution in [0.4, 0.5) is 11.6 Å². The number of nitrogens with zero attached hydrogens (tertiary/aromatic N) is 2. The van der Waals surface area contributed by atoms with Crippen molar-refractivity contribution in [1.29, 1.82) is 0 Å². The number of methoxy groups -OCH3 is 1. The molecule has 0 saturated heterocycles. The predicted octanol–water partition coefficient (Wildman–Crippen LogP) is 2.79. The Hall–Kier alpha value is -1.97. The highest BCUT2D eigenvalue weighted by Gasteiger charge is 2.07. The summed E-state index contributed by atoms with van der Waals surface area (Å²) in [7, 11) is 3.63. The number of hydrogen-bond donors (Lipinski definition) is 1. The van der Waals surface area contributed by atoms with Crippen molar-refractivity contribution < 1.29 is 4.74 Å². The van der Waals surface area contributed by atoms with Crippen LogP contribution in [0, 0.1) is 13.8 Å². The van der Waals surface area contributed by atoms with E-state index in [1.807, 2.05) is 49.9 Å². The molecule has 0 aliphatic rings. The first-order chi connectivity index (χ1) is 8.10. The minimum Gasteiger partial charge on any atom is -0.495 e. The van der Waals surface area contributed by atoms with Gasteiger partial charge in [-0.1, -0.05) is 6.07 Å². The van der Waals surface area contributed by atoms with Gasteiger partial charge in [0.15, 0.2) is 0 Å². The number of anilines is 2. The number of nitrogens with one attached hydrogen (secondary N) is 1. The molecule has 0 spiro atoms. The lowest BCUT2D eigenvalue weighted by atomic mass is 10.2. The van der Waals surface area contributed by atoms with Crippen molar-refractivity contribution >= 4 is 11.6 Å². The molecule has 1 heterocycles. The summed E-state index contributed by atoms with van der Waals surface area (Å²) in [6.07, 6.45) is 1.98. The van der Waals surface area contributed by atoms with E-state index in [4.69, 9.17) is 4.74 Å². The fourth-order valence-electron chi connectivity index (χ4n) is 1.77. The van der Waals surface area contributed by atoms with Crippen LogP contribution in [0.15, 0.2) is 24.4 Å². The van der Waals surface area contributed by atoms with Crippen LogP contribution in [0.1, 0.15) is 11.3 Å². The van der Waals surface area contributed by atoms with Gasteiger partial charge in [0, 0.05) is 13.2 Å². The average molecular weight is 231 g/mol. The second-order valence-electron chi connectivity index (χ2n) is 4.15. The summed E-state index contributed by atoms with van der Waals surface area (Å²) in [5, 5.41) is 3.28. The van der Waals surface area contributed by atoms with Gasteiger partial charge < -0.3 is 14.6 Å². The number of imidazole rings is 1. The normalized spacial score (nSPS) is 10.4. The van der Waals surface area contributed by atoms with Crippen molar-refractivity contribution in [3.8, 4) is 5.75 Å². The topological polar surface area (TPSA) is 39.1 Å². The molecular weight excluding hydrogens is 214 g/mol. The molecule has 0 saturated carbocycles. The molecule has 1 aromatic carbocycles. The minimum atomic E-state index is 0.811. The van der Waals surface area contributed by atoms with Gasteiger partial charge in [0.25, 0.3) is 0 Å². The van der Waals surface area contributed by atoms with Gasteiger partial charge >= 0.3 is 0 Å². The number of aryl methyl sites for hydroxylation is 3. The van der Waals surface area contributed by atoms with E-state index in [2.05, 4.69) is 10.3 Å². The highest BCUT2D eigenvalue weighted by molar-refractivity contribution is 5.63. The highest BCUT2D eigenvalue weighted by Crippen LogP contribution is 2.27. The smallest absolute Gasteiger partial charge is 0.207 e. The summed E-state index contributed by atoms with van der Waals surface area (Å²) >= 11 is 0. The van der Waals surface area contributed by atoms with Gasteiger partial charge in [-0.2, -0.15) is 0 Å². The molecule has 0 fully saturated rings. The van der Waals surface area contributed by atoms with E-state index in [0.717, 1.165) is 23.1 Å². The molecule has 0 atom stereocenters. The Labute approximate surface area is 101 Å². The summed E-state index contributed by atoms with van der Waals surface area (Å²) in [4.78, 5) is 4.41. The summed E-state index contributed by atoms with van der Waals surface area (Å²) in [5.41, 5.74) is 3.10. The lowest BCUT2D eigenvalue weighted by Crippen LogP contribution is -2.00. The molecule has 4 nitrogen and oxygen atoms in total. The van der Waals surface area contributed by atoms with E-state index in [1.165, 1.54) is 5.56 Å². The molecule has 17 heavy (non-hydrogen) atoms. The lowest BCUT2D eigenvalue weighted by molar-refractivity contribution is 0.416. The molecule has 1 N–H and O–H groups in total. The maximum atomic E-state index is 5.32. The van der Waals surface area contributed by atoms with Crippen molar-refractivity contribution in [2.24, 2.45) is 7.05 Å². The third-order valence-electron chi connectivity index (χ3n) is 2.60. The summed E-state index contributed by atoms with van der Waals surface area (Å²) in [6, 6.07) is 6.02. The zero-order valence-corrected chi connectivity index (χ0v) is 10.6. The monoisotopic (exact) mass is 231 g/mol. The van der Waals surface area contributed by atoms with E-state index in [0.29, 0.717) is 0 Å². The van der Waals surface area contributed by atoms with Gasteiger partial charge in [-0.15, -0.1) is 0 Å². The number of ether oxygens (including phenoxy) is 1. The Morgan fingerprint density at radius 3 is 2.65 bits per heavy atom. The zero-order valence-electron chi connectivity index (χ0n) is 10.6. The van der Waals surface area contributed by atoms with Crippen LogP contribution >= 0.6 is 0 Å². The summed E-state index contributed by atoms with van der Waals surface area (Å²) < 4.78 is 7.28. The van der Waals surface area contributed by atoms with Gasteiger partial charge in [-0.3, -0.25) is 0 Å². The number of benzene rings is 1. The lowest BCUT2D eigenvalue weighted by Gasteiger charge is -2.11. The maximum absolute atomic E-state index is 5.32. The van der Waals surface area contributed by atoms with Crippen molar-refractivity contribution in [3.63, 3.8) is 0 Å². The van der Waals surface area contributed by atoms with E-state index < -0.39 is 0 Å². The maximum Gasteiger partial charge on any atom is 0.207 e. The number of hydrogen-bond acceptors (Lipinski definition) is 3. The van der Waals surface area contributed by atoms with E-state index in [1.54, 1.807) is 7.11 Å². The van der Waals surface area contributed by atoms with Gasteiger partial charge in [0.1, 0.15) is 5.75 Å². The number of rotatable bonds is 3. The third kappa shape index (κ3) is 2.41. The van der Waals surface area contributed by atoms with E-state index in [-0.39, 0.29) is 0 Å². The van der Waals surface area contributed by atoms with Crippen LogP contribution in [-0.2, 0) is 7.05 Å². The number of aromatic nitrogens is 2. The third-order valence-corrected chi connectivity index (χ3v) is 2.60. The van der Waals surface area contributed by atoms with Crippen molar-refractivity contribution in [3.05, 3.63) is 35.7 Å². The van der Waals surface area contributed by atoms with Crippen molar-refractivity contribution in [1.82, 2.24) is 9.55 Å². The first kappa shape index (κ1) is 11.5. The predicted molar refractivity (Wildman–Crippen MR) is 69.0 cm³/mol. The second-order valence-corrected chi connectivity index (χ2v) is 4.15. The SMILES string of the molecule is COc1ccc(C)cc1Nc1nc(C)cn1C. The molecule has 0 aliphatic carbocycles. The van der Waals surface area contributed by atoms with Crippen LogP contribution in [0.3, 0.4) is 0 Å². The van der Waals surface area contributed by atoms with Gasteiger partial charge in [-0.05, 0) is 31.5 Å². The van der Waals surface area contributed by atoms with Crippen LogP contribution in [0.2, 0.25) is 0 Å². The van der Waals surface area contributed by atoms with Crippen LogP contribution < -0.4 is 10.1 Å². The molecule has 0 radical (unpaired) electrons. The Balaban J connectivity index is 2.35. The average Bonchev–Trinajstić information content (AvgIpc) is 2.58. The molecule has 1 aromatic heterocycles. The Kier molecular flexibility index (Phi) is 3.04. The molecule has 0 amide bonds. The Morgan fingerprint density at radius 1 is 1.29 bits per heavy atom. The Morgan fingerprint density at radius 2 is 2.06 bits per heavy atom. The molecule has 0 unspecified atom stereocenters. The van der Waals surface area contributed by atoms with Crippen LogP contribution in [-0.4, -0.2) is 16.7 Å². The fraction of sp³-hybridized carbons (Fsp3) is 0.308. The molecule has 0 aliphatic heterocycles. The van der Waals surface area contributed by atoms with Gasteiger partial charge in [-0.25, -0.2) is 4.98 Å². The van der Waals surface area contributed by atoms with Gasteiger partial charge in [0.2, 0.25) is 5.95 Å². The van der Waals surface area contributed by atoms with E-state index >= 15 is 0 Å². The molecule has 4 heteroatoms. The van der Waals surface area contributed by atoms with Crippen molar-refractivity contribution in [2.45, 2.75) is 13.8 Å². The van der Waals surface area contributed by atoms with E-state index in [9.17, 15) is 0 Å². The van der Waals surface area contributed by atoms with Crippen LogP contribution in [0.5, 0.6) is 5.75 Å². The summed E-state index contributed by atoms with van der Waals surface area (Å²) in [6.45, 7) is 4.02. The minimum absolute atomic E-state index is 0.811. The Bertz CT molecular complexity index is 531. The molecule has 2 aromatic rings. The van der Waals surface area contributed by atoms with Crippen LogP contribution in [0.25, 0.3) is 0 Å². The molecule has 90 valence electrons.